The molecule has 0 aromatic carbocycles. The first-order valence-electron chi connectivity index (χ1n) is 9.50. The van der Waals surface area contributed by atoms with Crippen LogP contribution >= 0.6 is 22.7 Å². The van der Waals surface area contributed by atoms with Gasteiger partial charge in [0.1, 0.15) is 0 Å². The highest BCUT2D eigenvalue weighted by Gasteiger charge is 2.20. The van der Waals surface area contributed by atoms with Crippen LogP contribution in [0.1, 0.15) is 57.6 Å². The second-order valence-electron chi connectivity index (χ2n) is 6.52. The van der Waals surface area contributed by atoms with Gasteiger partial charge in [0.05, 0.1) is 24.6 Å². The molecule has 8 nitrogen and oxygen atoms in total. The quantitative estimate of drug-likeness (QED) is 0.431. The summed E-state index contributed by atoms with van der Waals surface area (Å²) in [6.07, 6.45) is 0. The first-order valence-corrected chi connectivity index (χ1v) is 11.3. The second-order valence-corrected chi connectivity index (χ2v) is 8.20. The zero-order chi connectivity index (χ0) is 22.0. The highest BCUT2D eigenvalue weighted by Crippen LogP contribution is 2.22. The van der Waals surface area contributed by atoms with Gasteiger partial charge >= 0.3 is 11.9 Å². The summed E-state index contributed by atoms with van der Waals surface area (Å²) in [4.78, 5) is 33.7. The Morgan fingerprint density at radius 2 is 1.17 bits per heavy atom. The van der Waals surface area contributed by atoms with Crippen molar-refractivity contribution in [2.45, 2.75) is 41.5 Å². The molecule has 4 aromatic rings. The summed E-state index contributed by atoms with van der Waals surface area (Å²) in [5, 5.41) is 3.95. The van der Waals surface area contributed by atoms with E-state index in [1.54, 1.807) is 13.8 Å². The molecule has 0 bridgehead atoms. The number of aromatic nitrogens is 4. The summed E-state index contributed by atoms with van der Waals surface area (Å²) in [6.45, 7) is 11.9. The fraction of sp³-hybridized carbons (Fsp3) is 0.400. The molecular formula is C20H24N4O4S2. The van der Waals surface area contributed by atoms with E-state index in [1.165, 1.54) is 22.7 Å². The Balaban J connectivity index is 0.000000171. The van der Waals surface area contributed by atoms with Crippen molar-refractivity contribution >= 4 is 44.5 Å². The van der Waals surface area contributed by atoms with Crippen molar-refractivity contribution in [2.75, 3.05) is 13.2 Å². The normalized spacial score (nSPS) is 10.9. The molecule has 0 spiro atoms. The van der Waals surface area contributed by atoms with Crippen molar-refractivity contribution < 1.29 is 19.1 Å². The maximum absolute atomic E-state index is 11.7. The summed E-state index contributed by atoms with van der Waals surface area (Å²) >= 11 is 3.06. The molecule has 30 heavy (non-hydrogen) atoms. The number of imidazole rings is 2. The standard InChI is InChI=1S/2C10H12N2O2S/c2*1-4-14-9(13)8-7(3)11-10-12(8)6(2)5-15-10/h2*5H,4H2,1-3H3. The molecular weight excluding hydrogens is 424 g/mol. The maximum atomic E-state index is 11.7. The Kier molecular flexibility index (Phi) is 6.57. The van der Waals surface area contributed by atoms with Crippen LogP contribution in [0.2, 0.25) is 0 Å². The minimum absolute atomic E-state index is 0.302. The molecule has 0 fully saturated rings. The minimum Gasteiger partial charge on any atom is -0.461 e. The number of carbonyl (C=O) groups is 2. The highest BCUT2D eigenvalue weighted by atomic mass is 32.1. The molecule has 0 N–H and O–H groups in total. The van der Waals surface area contributed by atoms with Gasteiger partial charge in [0.2, 0.25) is 0 Å². The third kappa shape index (κ3) is 3.97. The van der Waals surface area contributed by atoms with E-state index in [0.717, 1.165) is 32.7 Å². The number of esters is 2. The molecule has 4 rings (SSSR count). The highest BCUT2D eigenvalue weighted by molar-refractivity contribution is 7.15. The van der Waals surface area contributed by atoms with Gasteiger partial charge in [0, 0.05) is 22.1 Å². The fourth-order valence-electron chi connectivity index (χ4n) is 3.08. The molecule has 0 saturated carbocycles. The Labute approximate surface area is 182 Å². The van der Waals surface area contributed by atoms with E-state index >= 15 is 0 Å². The Bertz CT molecular complexity index is 1120. The van der Waals surface area contributed by atoms with Crippen molar-refractivity contribution in [3.05, 3.63) is 44.9 Å². The van der Waals surface area contributed by atoms with Crippen LogP contribution in [0.15, 0.2) is 10.8 Å². The molecule has 0 aliphatic carbocycles. The summed E-state index contributed by atoms with van der Waals surface area (Å²) in [5.41, 5.74) is 4.57. The zero-order valence-electron chi connectivity index (χ0n) is 17.8. The second kappa shape index (κ2) is 8.97. The van der Waals surface area contributed by atoms with Crippen LogP contribution in [-0.2, 0) is 9.47 Å². The van der Waals surface area contributed by atoms with Crippen molar-refractivity contribution in [2.24, 2.45) is 0 Å². The van der Waals surface area contributed by atoms with Gasteiger partial charge in [0.15, 0.2) is 21.3 Å². The van der Waals surface area contributed by atoms with Gasteiger partial charge in [-0.3, -0.25) is 8.80 Å². The molecule has 0 aliphatic rings. The van der Waals surface area contributed by atoms with Crippen molar-refractivity contribution in [1.82, 2.24) is 18.8 Å². The molecule has 0 amide bonds. The predicted octanol–water partition coefficient (Wildman–Crippen LogP) is 4.38. The third-order valence-electron chi connectivity index (χ3n) is 4.35. The Morgan fingerprint density at radius 1 is 0.800 bits per heavy atom. The molecule has 0 unspecified atom stereocenters. The van der Waals surface area contributed by atoms with Gasteiger partial charge < -0.3 is 9.47 Å². The topological polar surface area (TPSA) is 87.2 Å². The van der Waals surface area contributed by atoms with Crippen LogP contribution in [0.3, 0.4) is 0 Å². The Morgan fingerprint density at radius 3 is 1.50 bits per heavy atom. The van der Waals surface area contributed by atoms with Crippen LogP contribution in [0.5, 0.6) is 0 Å². The van der Waals surface area contributed by atoms with Crippen LogP contribution in [0, 0.1) is 27.7 Å². The summed E-state index contributed by atoms with van der Waals surface area (Å²) in [7, 11) is 0. The van der Waals surface area contributed by atoms with Crippen LogP contribution in [-0.4, -0.2) is 43.9 Å². The maximum Gasteiger partial charge on any atom is 0.357 e. The number of hydrogen-bond donors (Lipinski definition) is 0. The van der Waals surface area contributed by atoms with Crippen molar-refractivity contribution in [3.63, 3.8) is 0 Å². The first-order chi connectivity index (χ1) is 14.3. The van der Waals surface area contributed by atoms with Gasteiger partial charge in [-0.25, -0.2) is 19.6 Å². The number of nitrogens with zero attached hydrogens (tertiary/aromatic N) is 4. The summed E-state index contributed by atoms with van der Waals surface area (Å²) in [6, 6.07) is 0. The van der Waals surface area contributed by atoms with Crippen molar-refractivity contribution in [3.8, 4) is 0 Å². The molecule has 10 heteroatoms. The Hall–Kier alpha value is -2.72. The number of carbonyl (C=O) groups excluding carboxylic acids is 2. The molecule has 0 saturated heterocycles. The largest absolute Gasteiger partial charge is 0.461 e. The van der Waals surface area contributed by atoms with E-state index in [0.29, 0.717) is 24.6 Å². The molecule has 160 valence electrons. The minimum atomic E-state index is -0.302. The van der Waals surface area contributed by atoms with Gasteiger partial charge in [0.25, 0.3) is 0 Å². The summed E-state index contributed by atoms with van der Waals surface area (Å²) < 4.78 is 13.7. The van der Waals surface area contributed by atoms with E-state index in [1.807, 2.05) is 47.3 Å². The van der Waals surface area contributed by atoms with Gasteiger partial charge in [-0.15, -0.1) is 22.7 Å². The molecule has 4 aromatic heterocycles. The third-order valence-corrected chi connectivity index (χ3v) is 6.24. The smallest absolute Gasteiger partial charge is 0.357 e. The molecule has 0 radical (unpaired) electrons. The average Bonchev–Trinajstić information content (AvgIpc) is 3.40. The number of hydrogen-bond acceptors (Lipinski definition) is 8. The lowest BCUT2D eigenvalue weighted by atomic mass is 10.3. The zero-order valence-corrected chi connectivity index (χ0v) is 19.4. The predicted molar refractivity (Wildman–Crippen MR) is 117 cm³/mol. The van der Waals surface area contributed by atoms with E-state index in [9.17, 15) is 9.59 Å². The number of rotatable bonds is 4. The van der Waals surface area contributed by atoms with E-state index in [2.05, 4.69) is 9.97 Å². The lowest BCUT2D eigenvalue weighted by molar-refractivity contribution is 0.0507. The van der Waals surface area contributed by atoms with Crippen LogP contribution < -0.4 is 0 Å². The summed E-state index contributed by atoms with van der Waals surface area (Å²) in [5.74, 6) is -0.604. The van der Waals surface area contributed by atoms with Crippen LogP contribution in [0.25, 0.3) is 9.92 Å². The number of ether oxygens (including phenoxy) is 2. The van der Waals surface area contributed by atoms with Gasteiger partial charge in [-0.05, 0) is 41.5 Å². The number of thiazole rings is 2. The van der Waals surface area contributed by atoms with Crippen molar-refractivity contribution in [1.29, 1.82) is 0 Å². The molecule has 4 heterocycles. The number of fused-ring (bicyclic) bond motifs is 2. The van der Waals surface area contributed by atoms with Gasteiger partial charge in [-0.1, -0.05) is 0 Å². The fourth-order valence-corrected chi connectivity index (χ4v) is 4.90. The molecule has 0 aliphatic heterocycles. The lowest BCUT2D eigenvalue weighted by Gasteiger charge is -2.02. The lowest BCUT2D eigenvalue weighted by Crippen LogP contribution is -2.09. The first kappa shape index (κ1) is 22.0. The average molecular weight is 449 g/mol. The van der Waals surface area contributed by atoms with Crippen LogP contribution in [0.4, 0.5) is 0 Å². The number of aryl methyl sites for hydroxylation is 4. The molecule has 0 atom stereocenters. The van der Waals surface area contributed by atoms with E-state index < -0.39 is 0 Å². The monoisotopic (exact) mass is 448 g/mol. The van der Waals surface area contributed by atoms with E-state index in [4.69, 9.17) is 9.47 Å². The van der Waals surface area contributed by atoms with E-state index in [-0.39, 0.29) is 11.9 Å². The SMILES string of the molecule is CCOC(=O)c1c(C)nc2scc(C)n12.CCOC(=O)c1c(C)nc2scc(C)n12. The van der Waals surface area contributed by atoms with Gasteiger partial charge in [-0.2, -0.15) is 0 Å².